The number of nitrogens with zero attached hydrogens (tertiary/aromatic N) is 4. The fraction of sp³-hybridized carbons (Fsp3) is 0.350. The summed E-state index contributed by atoms with van der Waals surface area (Å²) in [5.74, 6) is 1.35. The molecule has 9 nitrogen and oxygen atoms in total. The Morgan fingerprint density at radius 1 is 1.13 bits per heavy atom. The number of nitrogens with one attached hydrogen (secondary N) is 1. The Hall–Kier alpha value is -3.01. The lowest BCUT2D eigenvalue weighted by atomic mass is 10.3. The highest BCUT2D eigenvalue weighted by Crippen LogP contribution is 2.36. The number of carbonyl (C=O) groups is 1. The second kappa shape index (κ2) is 10.1. The molecule has 10 heteroatoms. The summed E-state index contributed by atoms with van der Waals surface area (Å²) in [7, 11) is 3.12. The summed E-state index contributed by atoms with van der Waals surface area (Å²) in [4.78, 5) is 12.3. The maximum Gasteiger partial charge on any atom is 0.271 e. The molecule has 0 saturated heterocycles. The average molecular weight is 478 g/mol. The van der Waals surface area contributed by atoms with Crippen LogP contribution in [0.25, 0.3) is 0 Å². The average Bonchev–Trinajstić information content (AvgIpc) is 3.35. The van der Waals surface area contributed by atoms with Crippen molar-refractivity contribution in [2.45, 2.75) is 26.6 Å². The van der Waals surface area contributed by atoms with Gasteiger partial charge in [-0.05, 0) is 47.5 Å². The van der Waals surface area contributed by atoms with Crippen LogP contribution >= 0.6 is 15.9 Å². The summed E-state index contributed by atoms with van der Waals surface area (Å²) in [6, 6.07) is 7.02. The van der Waals surface area contributed by atoms with E-state index < -0.39 is 0 Å². The van der Waals surface area contributed by atoms with Gasteiger partial charge in [0.25, 0.3) is 5.91 Å². The molecule has 0 aliphatic rings. The van der Waals surface area contributed by atoms with E-state index in [1.807, 2.05) is 23.9 Å². The lowest BCUT2D eigenvalue weighted by Crippen LogP contribution is -2.26. The SMILES string of the molecule is COc1cccc(OC)c1OCn1ccc(C(=O)NCCCn2cc(Br)c(C)n2)n1. The predicted molar refractivity (Wildman–Crippen MR) is 114 cm³/mol. The highest BCUT2D eigenvalue weighted by molar-refractivity contribution is 9.10. The van der Waals surface area contributed by atoms with Crippen LogP contribution in [0, 0.1) is 6.92 Å². The van der Waals surface area contributed by atoms with Crippen LogP contribution in [-0.4, -0.2) is 46.2 Å². The third-order valence-corrected chi connectivity index (χ3v) is 5.11. The van der Waals surface area contributed by atoms with Gasteiger partial charge in [0.05, 0.1) is 24.4 Å². The minimum atomic E-state index is -0.235. The van der Waals surface area contributed by atoms with E-state index in [2.05, 4.69) is 31.4 Å². The molecular formula is C20H24BrN5O4. The topological polar surface area (TPSA) is 92.4 Å². The van der Waals surface area contributed by atoms with Crippen LogP contribution in [0.3, 0.4) is 0 Å². The molecule has 3 aromatic rings. The van der Waals surface area contributed by atoms with Gasteiger partial charge in [0.15, 0.2) is 18.2 Å². The summed E-state index contributed by atoms with van der Waals surface area (Å²) in [6.07, 6.45) is 4.37. The van der Waals surface area contributed by atoms with Crippen molar-refractivity contribution in [1.82, 2.24) is 24.9 Å². The molecule has 0 aliphatic carbocycles. The Kier molecular flexibility index (Phi) is 7.34. The van der Waals surface area contributed by atoms with Crippen molar-refractivity contribution in [3.05, 3.63) is 52.5 Å². The van der Waals surface area contributed by atoms with E-state index in [9.17, 15) is 4.79 Å². The Morgan fingerprint density at radius 3 is 2.50 bits per heavy atom. The molecule has 160 valence electrons. The number of hydrogen-bond acceptors (Lipinski definition) is 6. The number of methoxy groups -OCH3 is 2. The van der Waals surface area contributed by atoms with Crippen LogP contribution in [0.15, 0.2) is 41.1 Å². The molecule has 0 radical (unpaired) electrons. The molecule has 2 heterocycles. The second-order valence-corrected chi connectivity index (χ2v) is 7.29. The number of carbonyl (C=O) groups excluding carboxylic acids is 1. The highest BCUT2D eigenvalue weighted by atomic mass is 79.9. The molecule has 0 atom stereocenters. The largest absolute Gasteiger partial charge is 0.493 e. The fourth-order valence-electron chi connectivity index (χ4n) is 2.79. The van der Waals surface area contributed by atoms with Crippen molar-refractivity contribution in [2.24, 2.45) is 0 Å². The predicted octanol–water partition coefficient (Wildman–Crippen LogP) is 3.02. The third-order valence-electron chi connectivity index (χ3n) is 4.33. The number of hydrogen-bond donors (Lipinski definition) is 1. The smallest absolute Gasteiger partial charge is 0.271 e. The molecule has 3 rings (SSSR count). The molecule has 0 bridgehead atoms. The first-order chi connectivity index (χ1) is 14.5. The van der Waals surface area contributed by atoms with E-state index in [4.69, 9.17) is 14.2 Å². The highest BCUT2D eigenvalue weighted by Gasteiger charge is 2.13. The van der Waals surface area contributed by atoms with Gasteiger partial charge in [0.1, 0.15) is 5.69 Å². The van der Waals surface area contributed by atoms with Crippen molar-refractivity contribution in [2.75, 3.05) is 20.8 Å². The molecule has 0 unspecified atom stereocenters. The van der Waals surface area contributed by atoms with Gasteiger partial charge in [-0.3, -0.25) is 9.48 Å². The van der Waals surface area contributed by atoms with E-state index in [1.54, 1.807) is 38.6 Å². The fourth-order valence-corrected chi connectivity index (χ4v) is 3.10. The van der Waals surface area contributed by atoms with Gasteiger partial charge in [-0.25, -0.2) is 4.68 Å². The zero-order valence-electron chi connectivity index (χ0n) is 17.1. The standard InChI is InChI=1S/C20H24BrN5O4/c1-14-15(21)12-25(23-14)10-5-9-22-20(27)16-8-11-26(24-16)13-30-19-17(28-2)6-4-7-18(19)29-3/h4,6-8,11-12H,5,9-10,13H2,1-3H3,(H,22,27). The second-order valence-electron chi connectivity index (χ2n) is 6.44. The monoisotopic (exact) mass is 477 g/mol. The van der Waals surface area contributed by atoms with Crippen molar-refractivity contribution in [1.29, 1.82) is 0 Å². The van der Waals surface area contributed by atoms with Crippen LogP contribution < -0.4 is 19.5 Å². The minimum absolute atomic E-state index is 0.109. The summed E-state index contributed by atoms with van der Waals surface area (Å²) in [6.45, 7) is 3.29. The zero-order chi connectivity index (χ0) is 21.5. The number of rotatable bonds is 10. The third kappa shape index (κ3) is 5.32. The van der Waals surface area contributed by atoms with E-state index >= 15 is 0 Å². The normalized spacial score (nSPS) is 10.7. The number of ether oxygens (including phenoxy) is 3. The minimum Gasteiger partial charge on any atom is -0.493 e. The Labute approximate surface area is 183 Å². The van der Waals surface area contributed by atoms with Gasteiger partial charge in [0.2, 0.25) is 5.75 Å². The number of benzene rings is 1. The maximum absolute atomic E-state index is 12.3. The van der Waals surface area contributed by atoms with Gasteiger partial charge in [-0.15, -0.1) is 0 Å². The Morgan fingerprint density at radius 2 is 1.87 bits per heavy atom. The molecule has 0 spiro atoms. The molecule has 2 aromatic heterocycles. The molecule has 1 aromatic carbocycles. The summed E-state index contributed by atoms with van der Waals surface area (Å²) < 4.78 is 20.8. The molecule has 30 heavy (non-hydrogen) atoms. The first kappa shape index (κ1) is 21.7. The van der Waals surface area contributed by atoms with Crippen LogP contribution in [0.5, 0.6) is 17.2 Å². The van der Waals surface area contributed by atoms with Crippen LogP contribution in [-0.2, 0) is 13.3 Å². The van der Waals surface area contributed by atoms with Crippen molar-refractivity contribution in [3.63, 3.8) is 0 Å². The van der Waals surface area contributed by atoms with E-state index in [1.165, 1.54) is 4.68 Å². The lowest BCUT2D eigenvalue weighted by Gasteiger charge is -2.13. The Bertz CT molecular complexity index is 959. The summed E-state index contributed by atoms with van der Waals surface area (Å²) in [5, 5.41) is 11.5. The molecular weight excluding hydrogens is 454 g/mol. The van der Waals surface area contributed by atoms with Gasteiger partial charge in [-0.1, -0.05) is 6.07 Å². The van der Waals surface area contributed by atoms with E-state index in [0.29, 0.717) is 29.5 Å². The van der Waals surface area contributed by atoms with Crippen molar-refractivity contribution >= 4 is 21.8 Å². The number of aryl methyl sites for hydroxylation is 2. The molecule has 0 fully saturated rings. The Balaban J connectivity index is 1.49. The number of amides is 1. The van der Waals surface area contributed by atoms with Gasteiger partial charge in [0, 0.05) is 25.5 Å². The molecule has 0 aliphatic heterocycles. The summed E-state index contributed by atoms with van der Waals surface area (Å²) >= 11 is 3.44. The zero-order valence-corrected chi connectivity index (χ0v) is 18.7. The van der Waals surface area contributed by atoms with Crippen LogP contribution in [0.2, 0.25) is 0 Å². The van der Waals surface area contributed by atoms with Gasteiger partial charge in [-0.2, -0.15) is 10.2 Å². The van der Waals surface area contributed by atoms with Gasteiger partial charge < -0.3 is 19.5 Å². The quantitative estimate of drug-likeness (QED) is 0.451. The van der Waals surface area contributed by atoms with Crippen molar-refractivity contribution in [3.8, 4) is 17.2 Å². The number of para-hydroxylation sites is 1. The molecule has 0 saturated carbocycles. The van der Waals surface area contributed by atoms with E-state index in [0.717, 1.165) is 23.1 Å². The van der Waals surface area contributed by atoms with Gasteiger partial charge >= 0.3 is 0 Å². The lowest BCUT2D eigenvalue weighted by molar-refractivity contribution is 0.0945. The maximum atomic E-state index is 12.3. The van der Waals surface area contributed by atoms with Crippen LogP contribution in [0.1, 0.15) is 22.6 Å². The van der Waals surface area contributed by atoms with Crippen molar-refractivity contribution < 1.29 is 19.0 Å². The first-order valence-electron chi connectivity index (χ1n) is 9.36. The number of aromatic nitrogens is 4. The van der Waals surface area contributed by atoms with E-state index in [-0.39, 0.29) is 12.6 Å². The molecule has 1 amide bonds. The first-order valence-corrected chi connectivity index (χ1v) is 10.2. The molecule has 1 N–H and O–H groups in total. The summed E-state index contributed by atoms with van der Waals surface area (Å²) in [5.41, 5.74) is 1.26. The number of halogens is 1. The van der Waals surface area contributed by atoms with Crippen LogP contribution in [0.4, 0.5) is 0 Å².